The number of amides is 1. The Morgan fingerprint density at radius 2 is 1.66 bits per heavy atom. The van der Waals surface area contributed by atoms with Crippen LogP contribution in [0.2, 0.25) is 0 Å². The normalized spacial score (nSPS) is 19.0. The average molecular weight is 487 g/mol. The second kappa shape index (κ2) is 10.9. The Labute approximate surface area is 209 Å². The maximum absolute atomic E-state index is 13.5. The number of hydrogen-bond acceptors (Lipinski definition) is 4. The van der Waals surface area contributed by atoms with Crippen LogP contribution in [0.1, 0.15) is 43.2 Å². The summed E-state index contributed by atoms with van der Waals surface area (Å²) in [7, 11) is 0. The first-order valence-corrected chi connectivity index (χ1v) is 12.8. The highest BCUT2D eigenvalue weighted by atomic mass is 32.2. The molecule has 178 valence electrons. The highest BCUT2D eigenvalue weighted by Crippen LogP contribution is 2.38. The Balaban J connectivity index is 1.33. The number of para-hydroxylation sites is 1. The van der Waals surface area contributed by atoms with Crippen LogP contribution in [0.5, 0.6) is 5.75 Å². The van der Waals surface area contributed by atoms with Crippen molar-refractivity contribution in [2.24, 2.45) is 4.99 Å². The number of benzene rings is 3. The van der Waals surface area contributed by atoms with Crippen LogP contribution < -0.4 is 4.74 Å². The van der Waals surface area contributed by atoms with Gasteiger partial charge in [-0.05, 0) is 78.2 Å². The summed E-state index contributed by atoms with van der Waals surface area (Å²) in [4.78, 5) is 20.9. The highest BCUT2D eigenvalue weighted by molar-refractivity contribution is 8.18. The molecule has 1 aliphatic heterocycles. The molecule has 0 spiro atoms. The summed E-state index contributed by atoms with van der Waals surface area (Å²) < 4.78 is 18.9. The van der Waals surface area contributed by atoms with E-state index in [0.717, 1.165) is 53.4 Å². The summed E-state index contributed by atoms with van der Waals surface area (Å²) in [6, 6.07) is 24.0. The van der Waals surface area contributed by atoms with Crippen LogP contribution in [0.15, 0.2) is 88.8 Å². The third-order valence-electron chi connectivity index (χ3n) is 6.25. The third-order valence-corrected chi connectivity index (χ3v) is 7.24. The van der Waals surface area contributed by atoms with E-state index in [1.165, 1.54) is 30.3 Å². The van der Waals surface area contributed by atoms with Crippen molar-refractivity contribution < 1.29 is 13.9 Å². The molecule has 2 fully saturated rings. The lowest BCUT2D eigenvalue weighted by Gasteiger charge is -2.30. The first-order valence-electron chi connectivity index (χ1n) is 12.0. The highest BCUT2D eigenvalue weighted by Gasteiger charge is 2.38. The van der Waals surface area contributed by atoms with E-state index in [9.17, 15) is 9.18 Å². The fraction of sp³-hybridized carbons (Fsp3) is 0.241. The van der Waals surface area contributed by atoms with Crippen molar-refractivity contribution in [2.75, 3.05) is 0 Å². The third kappa shape index (κ3) is 5.82. The van der Waals surface area contributed by atoms with Gasteiger partial charge in [0, 0.05) is 6.04 Å². The Morgan fingerprint density at radius 3 is 2.37 bits per heavy atom. The number of halogens is 1. The van der Waals surface area contributed by atoms with Crippen LogP contribution in [0.4, 0.5) is 10.1 Å². The first kappa shape index (κ1) is 23.4. The minimum Gasteiger partial charge on any atom is -0.489 e. The van der Waals surface area contributed by atoms with Gasteiger partial charge in [0.2, 0.25) is 0 Å². The number of aliphatic imine (C=N–C) groups is 1. The molecule has 3 aromatic carbocycles. The second-order valence-corrected chi connectivity index (χ2v) is 9.80. The summed E-state index contributed by atoms with van der Waals surface area (Å²) in [5, 5.41) is 0.763. The van der Waals surface area contributed by atoms with Gasteiger partial charge in [0.25, 0.3) is 5.91 Å². The van der Waals surface area contributed by atoms with Crippen LogP contribution in [-0.4, -0.2) is 22.0 Å². The summed E-state index contributed by atoms with van der Waals surface area (Å²) in [6.45, 7) is 0.366. The lowest BCUT2D eigenvalue weighted by atomic mass is 9.94. The van der Waals surface area contributed by atoms with Crippen LogP contribution >= 0.6 is 11.8 Å². The fourth-order valence-electron chi connectivity index (χ4n) is 4.40. The molecule has 4 nitrogen and oxygen atoms in total. The number of thioether (sulfide) groups is 1. The molecule has 6 heteroatoms. The van der Waals surface area contributed by atoms with E-state index >= 15 is 0 Å². The average Bonchev–Trinajstić information content (AvgIpc) is 3.19. The Morgan fingerprint density at radius 1 is 0.943 bits per heavy atom. The fourth-order valence-corrected chi connectivity index (χ4v) is 5.46. The molecule has 3 aromatic rings. The summed E-state index contributed by atoms with van der Waals surface area (Å²) in [6.07, 6.45) is 7.50. The molecule has 1 amide bonds. The number of ether oxygens (including phenoxy) is 1. The monoisotopic (exact) mass is 486 g/mol. The van der Waals surface area contributed by atoms with Crippen molar-refractivity contribution in [1.29, 1.82) is 0 Å². The van der Waals surface area contributed by atoms with E-state index < -0.39 is 0 Å². The summed E-state index contributed by atoms with van der Waals surface area (Å²) in [5.74, 6) is 0.495. The lowest BCUT2D eigenvalue weighted by molar-refractivity contribution is -0.124. The molecule has 0 N–H and O–H groups in total. The summed E-state index contributed by atoms with van der Waals surface area (Å²) >= 11 is 1.45. The molecule has 0 radical (unpaired) electrons. The number of carbonyl (C=O) groups excluding carboxylic acids is 1. The molecule has 2 aliphatic rings. The van der Waals surface area contributed by atoms with Gasteiger partial charge in [0.1, 0.15) is 18.2 Å². The molecule has 1 heterocycles. The van der Waals surface area contributed by atoms with E-state index in [2.05, 4.69) is 0 Å². The van der Waals surface area contributed by atoms with Crippen LogP contribution in [0.3, 0.4) is 0 Å². The smallest absolute Gasteiger partial charge is 0.267 e. The standard InChI is InChI=1S/C29H27FN2O2S/c30-23-15-11-22(12-16-23)20-34-26-17-13-21(14-18-26)19-27-28(33)32(25-9-5-2-6-10-25)29(35-27)31-24-7-3-1-4-8-24/h1,3-4,7-8,11-19,25H,2,5-6,9-10,20H2/b27-19-,31-29?. The van der Waals surface area contributed by atoms with Crippen LogP contribution in [0.25, 0.3) is 6.08 Å². The first-order chi connectivity index (χ1) is 17.2. The zero-order valence-electron chi connectivity index (χ0n) is 19.4. The Hall–Kier alpha value is -3.38. The van der Waals surface area contributed by atoms with Gasteiger partial charge in [-0.2, -0.15) is 0 Å². The molecule has 1 aliphatic carbocycles. The van der Waals surface area contributed by atoms with Gasteiger partial charge in [-0.25, -0.2) is 9.38 Å². The van der Waals surface area contributed by atoms with Gasteiger partial charge >= 0.3 is 0 Å². The van der Waals surface area contributed by atoms with Gasteiger partial charge in [-0.15, -0.1) is 0 Å². The van der Waals surface area contributed by atoms with Crippen LogP contribution in [-0.2, 0) is 11.4 Å². The molecule has 0 bridgehead atoms. The maximum Gasteiger partial charge on any atom is 0.267 e. The van der Waals surface area contributed by atoms with Crippen LogP contribution in [0, 0.1) is 5.82 Å². The second-order valence-electron chi connectivity index (χ2n) is 8.79. The molecular formula is C29H27FN2O2S. The molecule has 0 aromatic heterocycles. The molecule has 1 saturated heterocycles. The van der Waals surface area contributed by atoms with E-state index in [4.69, 9.17) is 9.73 Å². The molecular weight excluding hydrogens is 459 g/mol. The number of nitrogens with zero attached hydrogens (tertiary/aromatic N) is 2. The van der Waals surface area contributed by atoms with E-state index in [0.29, 0.717) is 11.5 Å². The summed E-state index contributed by atoms with van der Waals surface area (Å²) in [5.41, 5.74) is 2.69. The van der Waals surface area contributed by atoms with Crippen molar-refractivity contribution in [1.82, 2.24) is 4.90 Å². The van der Waals surface area contributed by atoms with Crippen molar-refractivity contribution >= 4 is 34.6 Å². The van der Waals surface area contributed by atoms with E-state index in [1.54, 1.807) is 12.1 Å². The van der Waals surface area contributed by atoms with Gasteiger partial charge in [0.05, 0.1) is 10.6 Å². The molecule has 1 saturated carbocycles. The lowest BCUT2D eigenvalue weighted by Crippen LogP contribution is -2.40. The van der Waals surface area contributed by atoms with Crippen molar-refractivity contribution in [3.8, 4) is 5.75 Å². The van der Waals surface area contributed by atoms with Gasteiger partial charge in [-0.1, -0.05) is 61.7 Å². The predicted octanol–water partition coefficient (Wildman–Crippen LogP) is 7.34. The minimum absolute atomic E-state index is 0.0354. The van der Waals surface area contributed by atoms with Crippen molar-refractivity contribution in [2.45, 2.75) is 44.8 Å². The maximum atomic E-state index is 13.5. The Kier molecular flexibility index (Phi) is 7.28. The van der Waals surface area contributed by atoms with Crippen molar-refractivity contribution in [3.05, 3.63) is 101 Å². The number of carbonyl (C=O) groups is 1. The number of hydrogen-bond donors (Lipinski definition) is 0. The molecule has 35 heavy (non-hydrogen) atoms. The molecule has 5 rings (SSSR count). The minimum atomic E-state index is -0.260. The zero-order valence-corrected chi connectivity index (χ0v) is 20.2. The number of amidine groups is 1. The van der Waals surface area contributed by atoms with E-state index in [1.807, 2.05) is 65.6 Å². The topological polar surface area (TPSA) is 41.9 Å². The SMILES string of the molecule is O=C1/C(=C/c2ccc(OCc3ccc(F)cc3)cc2)SC(=Nc2ccccc2)N1C1CCCCC1. The quantitative estimate of drug-likeness (QED) is 0.342. The van der Waals surface area contributed by atoms with Gasteiger partial charge in [-0.3, -0.25) is 9.69 Å². The van der Waals surface area contributed by atoms with Gasteiger partial charge < -0.3 is 4.74 Å². The number of rotatable bonds is 6. The van der Waals surface area contributed by atoms with Gasteiger partial charge in [0.15, 0.2) is 5.17 Å². The zero-order chi connectivity index (χ0) is 24.0. The molecule has 0 unspecified atom stereocenters. The largest absolute Gasteiger partial charge is 0.489 e. The Bertz CT molecular complexity index is 1220. The van der Waals surface area contributed by atoms with E-state index in [-0.39, 0.29) is 17.8 Å². The van der Waals surface area contributed by atoms with Crippen molar-refractivity contribution in [3.63, 3.8) is 0 Å². The molecule has 0 atom stereocenters. The predicted molar refractivity (Wildman–Crippen MR) is 140 cm³/mol.